The van der Waals surface area contributed by atoms with Crippen LogP contribution in [0.25, 0.3) is 0 Å². The van der Waals surface area contributed by atoms with Crippen LogP contribution in [0.15, 0.2) is 22.7 Å². The molecule has 1 aliphatic heterocycles. The smallest absolute Gasteiger partial charge is 0.254 e. The minimum atomic E-state index is -0.410. The molecule has 1 aliphatic rings. The van der Waals surface area contributed by atoms with Crippen LogP contribution >= 0.6 is 15.9 Å². The number of hydrogen-bond acceptors (Lipinski definition) is 2. The Morgan fingerprint density at radius 2 is 2.21 bits per heavy atom. The van der Waals surface area contributed by atoms with Gasteiger partial charge in [-0.05, 0) is 44.4 Å². The van der Waals surface area contributed by atoms with Crippen LogP contribution < -0.4 is 5.73 Å². The zero-order valence-electron chi connectivity index (χ0n) is 10.9. The average Bonchev–Trinajstić information content (AvgIpc) is 2.36. The van der Waals surface area contributed by atoms with Crippen LogP contribution in [0.5, 0.6) is 0 Å². The van der Waals surface area contributed by atoms with Crippen LogP contribution in [-0.4, -0.2) is 29.4 Å². The predicted octanol–water partition coefficient (Wildman–Crippen LogP) is 2.93. The first-order valence-corrected chi connectivity index (χ1v) is 7.31. The van der Waals surface area contributed by atoms with Crippen molar-refractivity contribution in [2.75, 3.05) is 6.54 Å². The molecule has 104 valence electrons. The Bertz CT molecular complexity index is 458. The van der Waals surface area contributed by atoms with Gasteiger partial charge < -0.3 is 10.6 Å². The quantitative estimate of drug-likeness (QED) is 0.907. The molecule has 2 rings (SSSR count). The number of rotatable bonds is 2. The molecule has 5 heteroatoms. The monoisotopic (exact) mass is 328 g/mol. The molecular weight excluding hydrogens is 311 g/mol. The van der Waals surface area contributed by atoms with Crippen molar-refractivity contribution in [1.29, 1.82) is 0 Å². The largest absolute Gasteiger partial charge is 0.334 e. The normalized spacial score (nSPS) is 21.3. The second kappa shape index (κ2) is 6.01. The van der Waals surface area contributed by atoms with Crippen molar-refractivity contribution in [3.8, 4) is 0 Å². The summed E-state index contributed by atoms with van der Waals surface area (Å²) in [5.41, 5.74) is 6.33. The predicted molar refractivity (Wildman–Crippen MR) is 76.4 cm³/mol. The van der Waals surface area contributed by atoms with Gasteiger partial charge in [0.15, 0.2) is 0 Å². The van der Waals surface area contributed by atoms with Gasteiger partial charge >= 0.3 is 0 Å². The highest BCUT2D eigenvalue weighted by Crippen LogP contribution is 2.23. The Morgan fingerprint density at radius 3 is 2.84 bits per heavy atom. The lowest BCUT2D eigenvalue weighted by molar-refractivity contribution is 0.0583. The SMILES string of the molecule is C[C@H](N)[C@@H]1CCCCN1C(=O)c1cc(F)cc(Br)c1. The van der Waals surface area contributed by atoms with E-state index in [-0.39, 0.29) is 18.0 Å². The number of hydrogen-bond donors (Lipinski definition) is 1. The van der Waals surface area contributed by atoms with E-state index >= 15 is 0 Å². The van der Waals surface area contributed by atoms with E-state index in [0.717, 1.165) is 19.3 Å². The van der Waals surface area contributed by atoms with Crippen molar-refractivity contribution in [3.05, 3.63) is 34.1 Å². The Morgan fingerprint density at radius 1 is 1.47 bits per heavy atom. The van der Waals surface area contributed by atoms with Crippen LogP contribution in [0.1, 0.15) is 36.5 Å². The van der Waals surface area contributed by atoms with E-state index in [4.69, 9.17) is 5.73 Å². The lowest BCUT2D eigenvalue weighted by atomic mass is 9.96. The molecule has 1 amide bonds. The van der Waals surface area contributed by atoms with Gasteiger partial charge in [-0.1, -0.05) is 15.9 Å². The van der Waals surface area contributed by atoms with Crippen molar-refractivity contribution >= 4 is 21.8 Å². The second-order valence-corrected chi connectivity index (χ2v) is 5.99. The van der Waals surface area contributed by atoms with Crippen LogP contribution in [0.2, 0.25) is 0 Å². The van der Waals surface area contributed by atoms with E-state index < -0.39 is 5.82 Å². The van der Waals surface area contributed by atoms with Crippen LogP contribution in [0, 0.1) is 5.82 Å². The maximum Gasteiger partial charge on any atom is 0.254 e. The number of likely N-dealkylation sites (tertiary alicyclic amines) is 1. The summed E-state index contributed by atoms with van der Waals surface area (Å²) in [6.45, 7) is 2.61. The zero-order chi connectivity index (χ0) is 14.0. The summed E-state index contributed by atoms with van der Waals surface area (Å²) in [6, 6.07) is 4.25. The van der Waals surface area contributed by atoms with E-state index in [9.17, 15) is 9.18 Å². The molecule has 1 saturated heterocycles. The fraction of sp³-hybridized carbons (Fsp3) is 0.500. The minimum Gasteiger partial charge on any atom is -0.334 e. The average molecular weight is 329 g/mol. The lowest BCUT2D eigenvalue weighted by Gasteiger charge is -2.38. The topological polar surface area (TPSA) is 46.3 Å². The highest BCUT2D eigenvalue weighted by atomic mass is 79.9. The Hall–Kier alpha value is -0.940. The van der Waals surface area contributed by atoms with Crippen LogP contribution in [-0.2, 0) is 0 Å². The third-order valence-corrected chi connectivity index (χ3v) is 3.98. The number of piperidine rings is 1. The van der Waals surface area contributed by atoms with Gasteiger partial charge in [0.2, 0.25) is 0 Å². The summed E-state index contributed by atoms with van der Waals surface area (Å²) in [6.07, 6.45) is 2.98. The van der Waals surface area contributed by atoms with Gasteiger partial charge in [0.1, 0.15) is 5.82 Å². The summed E-state index contributed by atoms with van der Waals surface area (Å²) in [5.74, 6) is -0.547. The Balaban J connectivity index is 2.26. The maximum atomic E-state index is 13.4. The van der Waals surface area contributed by atoms with Gasteiger partial charge in [-0.2, -0.15) is 0 Å². The zero-order valence-corrected chi connectivity index (χ0v) is 12.5. The van der Waals surface area contributed by atoms with Gasteiger partial charge in [0.05, 0.1) is 0 Å². The van der Waals surface area contributed by atoms with E-state index in [1.165, 1.54) is 12.1 Å². The summed E-state index contributed by atoms with van der Waals surface area (Å²) in [4.78, 5) is 14.3. The molecule has 1 aromatic rings. The van der Waals surface area contributed by atoms with E-state index in [1.807, 2.05) is 6.92 Å². The lowest BCUT2D eigenvalue weighted by Crippen LogP contribution is -2.51. The fourth-order valence-electron chi connectivity index (χ4n) is 2.60. The highest BCUT2D eigenvalue weighted by molar-refractivity contribution is 9.10. The Labute approximate surface area is 121 Å². The third-order valence-electron chi connectivity index (χ3n) is 3.53. The molecule has 2 atom stereocenters. The number of carbonyl (C=O) groups excluding carboxylic acids is 1. The van der Waals surface area contributed by atoms with Crippen LogP contribution in [0.4, 0.5) is 4.39 Å². The molecule has 0 saturated carbocycles. The maximum absolute atomic E-state index is 13.4. The number of nitrogens with zero attached hydrogens (tertiary/aromatic N) is 1. The van der Waals surface area contributed by atoms with Crippen molar-refractivity contribution in [2.45, 2.75) is 38.3 Å². The molecule has 0 aliphatic carbocycles. The highest BCUT2D eigenvalue weighted by Gasteiger charge is 2.30. The number of carbonyl (C=O) groups is 1. The van der Waals surface area contributed by atoms with Crippen molar-refractivity contribution in [3.63, 3.8) is 0 Å². The van der Waals surface area contributed by atoms with Crippen molar-refractivity contribution in [1.82, 2.24) is 4.90 Å². The molecule has 3 nitrogen and oxygen atoms in total. The molecule has 0 radical (unpaired) electrons. The number of benzene rings is 1. The number of nitrogens with two attached hydrogens (primary N) is 1. The molecule has 0 bridgehead atoms. The standard InChI is InChI=1S/C14H18BrFN2O/c1-9(17)13-4-2-3-5-18(13)14(19)10-6-11(15)8-12(16)7-10/h6-9,13H,2-5,17H2,1H3/t9-,13-/m0/s1. The van der Waals surface area contributed by atoms with Gasteiger partial charge in [-0.25, -0.2) is 4.39 Å². The van der Waals surface area contributed by atoms with Gasteiger partial charge in [0, 0.05) is 28.7 Å². The first kappa shape index (κ1) is 14.5. The number of halogens is 2. The molecule has 1 fully saturated rings. The summed E-state index contributed by atoms with van der Waals surface area (Å²) in [5, 5.41) is 0. The molecule has 1 aromatic carbocycles. The van der Waals surface area contributed by atoms with E-state index in [0.29, 0.717) is 16.6 Å². The Kier molecular flexibility index (Phi) is 4.58. The molecule has 0 spiro atoms. The summed E-state index contributed by atoms with van der Waals surface area (Å²) >= 11 is 3.21. The molecule has 19 heavy (non-hydrogen) atoms. The van der Waals surface area contributed by atoms with Crippen molar-refractivity contribution < 1.29 is 9.18 Å². The van der Waals surface area contributed by atoms with Crippen molar-refractivity contribution in [2.24, 2.45) is 5.73 Å². The first-order chi connectivity index (χ1) is 8.99. The molecule has 2 N–H and O–H groups in total. The van der Waals surface area contributed by atoms with Gasteiger partial charge in [-0.15, -0.1) is 0 Å². The minimum absolute atomic E-state index is 0.0447. The summed E-state index contributed by atoms with van der Waals surface area (Å²) in [7, 11) is 0. The summed E-state index contributed by atoms with van der Waals surface area (Å²) < 4.78 is 14.0. The van der Waals surface area contributed by atoms with E-state index in [2.05, 4.69) is 15.9 Å². The van der Waals surface area contributed by atoms with E-state index in [1.54, 1.807) is 11.0 Å². The fourth-order valence-corrected chi connectivity index (χ4v) is 3.06. The molecule has 1 heterocycles. The molecule has 0 unspecified atom stereocenters. The van der Waals surface area contributed by atoms with Gasteiger partial charge in [-0.3, -0.25) is 4.79 Å². The van der Waals surface area contributed by atoms with Crippen LogP contribution in [0.3, 0.4) is 0 Å². The first-order valence-electron chi connectivity index (χ1n) is 6.51. The van der Waals surface area contributed by atoms with Gasteiger partial charge in [0.25, 0.3) is 5.91 Å². The second-order valence-electron chi connectivity index (χ2n) is 5.08. The third kappa shape index (κ3) is 3.34. The molecular formula is C14H18BrFN2O. The molecule has 0 aromatic heterocycles. The number of amides is 1.